The standard InChI is InChI=1S/C18H39N3O2/c1-14(2)12-18(9,21-11-10-20-16(3,4)5)13-19-15(22)23-17(6,7)8/h14,20-21H,10-13H2,1-9H3,(H,19,22). The van der Waals surface area contributed by atoms with E-state index in [2.05, 4.69) is 57.5 Å². The van der Waals surface area contributed by atoms with Crippen LogP contribution in [0, 0.1) is 5.92 Å². The van der Waals surface area contributed by atoms with Crippen LogP contribution in [-0.4, -0.2) is 42.4 Å². The second-order valence-electron chi connectivity index (χ2n) is 9.12. The molecule has 5 heteroatoms. The third kappa shape index (κ3) is 13.3. The quantitative estimate of drug-likeness (QED) is 0.598. The Morgan fingerprint density at radius 1 is 0.957 bits per heavy atom. The molecule has 1 unspecified atom stereocenters. The third-order valence-corrected chi connectivity index (χ3v) is 3.21. The first-order chi connectivity index (χ1) is 10.2. The summed E-state index contributed by atoms with van der Waals surface area (Å²) in [4.78, 5) is 11.9. The molecule has 0 heterocycles. The van der Waals surface area contributed by atoms with Crippen molar-refractivity contribution in [3.8, 4) is 0 Å². The van der Waals surface area contributed by atoms with E-state index in [1.54, 1.807) is 0 Å². The Kier molecular flexibility index (Phi) is 8.57. The number of amides is 1. The zero-order chi connectivity index (χ0) is 18.3. The van der Waals surface area contributed by atoms with Crippen LogP contribution in [0.25, 0.3) is 0 Å². The van der Waals surface area contributed by atoms with Crippen molar-refractivity contribution in [3.05, 3.63) is 0 Å². The molecule has 0 spiro atoms. The summed E-state index contributed by atoms with van der Waals surface area (Å²) in [6.07, 6.45) is 0.625. The first kappa shape index (κ1) is 22.2. The van der Waals surface area contributed by atoms with Crippen LogP contribution in [0.5, 0.6) is 0 Å². The molecular formula is C18H39N3O2. The van der Waals surface area contributed by atoms with Gasteiger partial charge in [-0.15, -0.1) is 0 Å². The van der Waals surface area contributed by atoms with Gasteiger partial charge in [0.25, 0.3) is 0 Å². The molecule has 1 atom stereocenters. The average Bonchev–Trinajstić information content (AvgIpc) is 2.28. The van der Waals surface area contributed by atoms with Crippen molar-refractivity contribution in [3.63, 3.8) is 0 Å². The van der Waals surface area contributed by atoms with Gasteiger partial charge in [0.05, 0.1) is 0 Å². The topological polar surface area (TPSA) is 62.4 Å². The predicted molar refractivity (Wildman–Crippen MR) is 97.9 cm³/mol. The van der Waals surface area contributed by atoms with Gasteiger partial charge in [-0.3, -0.25) is 0 Å². The van der Waals surface area contributed by atoms with E-state index in [-0.39, 0.29) is 17.2 Å². The molecule has 138 valence electrons. The van der Waals surface area contributed by atoms with Crippen LogP contribution in [0.4, 0.5) is 4.79 Å². The normalized spacial score (nSPS) is 15.4. The van der Waals surface area contributed by atoms with Crippen LogP contribution >= 0.6 is 0 Å². The third-order valence-electron chi connectivity index (χ3n) is 3.21. The summed E-state index contributed by atoms with van der Waals surface area (Å²) >= 11 is 0. The molecule has 0 aliphatic rings. The number of nitrogens with one attached hydrogen (secondary N) is 3. The van der Waals surface area contributed by atoms with Gasteiger partial charge in [0.15, 0.2) is 0 Å². The molecule has 0 aliphatic carbocycles. The summed E-state index contributed by atoms with van der Waals surface area (Å²) in [5.41, 5.74) is -0.502. The molecule has 5 nitrogen and oxygen atoms in total. The minimum atomic E-state index is -0.470. The number of alkyl carbamates (subject to hydrolysis) is 1. The molecule has 0 aromatic rings. The summed E-state index contributed by atoms with van der Waals surface area (Å²) in [5.74, 6) is 0.545. The molecule has 0 radical (unpaired) electrons. The van der Waals surface area contributed by atoms with Gasteiger partial charge in [-0.25, -0.2) is 4.79 Å². The first-order valence-electron chi connectivity index (χ1n) is 8.69. The van der Waals surface area contributed by atoms with Gasteiger partial charge in [0.2, 0.25) is 0 Å². The zero-order valence-corrected chi connectivity index (χ0v) is 16.7. The fourth-order valence-electron chi connectivity index (χ4n) is 2.49. The molecule has 3 N–H and O–H groups in total. The van der Waals surface area contributed by atoms with Crippen LogP contribution in [-0.2, 0) is 4.74 Å². The number of ether oxygens (including phenoxy) is 1. The molecule has 0 fully saturated rings. The summed E-state index contributed by atoms with van der Waals surface area (Å²) < 4.78 is 5.32. The number of rotatable bonds is 8. The fourth-order valence-corrected chi connectivity index (χ4v) is 2.49. The summed E-state index contributed by atoms with van der Waals surface area (Å²) in [6.45, 7) is 20.9. The zero-order valence-electron chi connectivity index (χ0n) is 16.7. The van der Waals surface area contributed by atoms with E-state index in [4.69, 9.17) is 4.74 Å². The van der Waals surface area contributed by atoms with Crippen LogP contribution in [0.2, 0.25) is 0 Å². The highest BCUT2D eigenvalue weighted by Crippen LogP contribution is 2.16. The molecule has 1 amide bonds. The van der Waals surface area contributed by atoms with E-state index < -0.39 is 5.60 Å². The largest absolute Gasteiger partial charge is 0.444 e. The maximum Gasteiger partial charge on any atom is 0.407 e. The van der Waals surface area contributed by atoms with Crippen LogP contribution in [0.1, 0.15) is 68.7 Å². The Labute approximate surface area is 143 Å². The summed E-state index contributed by atoms with van der Waals surface area (Å²) in [7, 11) is 0. The van der Waals surface area contributed by atoms with Crippen LogP contribution in [0.15, 0.2) is 0 Å². The molecule has 0 saturated carbocycles. The maximum absolute atomic E-state index is 11.9. The van der Waals surface area contributed by atoms with Crippen molar-refractivity contribution in [1.29, 1.82) is 0 Å². The van der Waals surface area contributed by atoms with Gasteiger partial charge in [0.1, 0.15) is 5.60 Å². The Balaban J connectivity index is 4.45. The highest BCUT2D eigenvalue weighted by molar-refractivity contribution is 5.67. The summed E-state index contributed by atoms with van der Waals surface area (Å²) in [5, 5.41) is 9.95. The van der Waals surface area contributed by atoms with Crippen molar-refractivity contribution < 1.29 is 9.53 Å². The Bertz CT molecular complexity index is 356. The number of carbonyl (C=O) groups is 1. The lowest BCUT2D eigenvalue weighted by molar-refractivity contribution is 0.0508. The van der Waals surface area contributed by atoms with Gasteiger partial charge in [0, 0.05) is 30.7 Å². The van der Waals surface area contributed by atoms with Gasteiger partial charge in [-0.2, -0.15) is 0 Å². The number of carbonyl (C=O) groups excluding carboxylic acids is 1. The SMILES string of the molecule is CC(C)CC(C)(CNC(=O)OC(C)(C)C)NCCNC(C)(C)C. The smallest absolute Gasteiger partial charge is 0.407 e. The van der Waals surface area contributed by atoms with Gasteiger partial charge in [-0.1, -0.05) is 13.8 Å². The van der Waals surface area contributed by atoms with Crippen molar-refractivity contribution in [1.82, 2.24) is 16.0 Å². The van der Waals surface area contributed by atoms with E-state index in [9.17, 15) is 4.79 Å². The fraction of sp³-hybridized carbons (Fsp3) is 0.944. The van der Waals surface area contributed by atoms with Crippen LogP contribution < -0.4 is 16.0 Å². The van der Waals surface area contributed by atoms with E-state index in [1.165, 1.54) is 0 Å². The average molecular weight is 330 g/mol. The second kappa shape index (κ2) is 8.88. The lowest BCUT2D eigenvalue weighted by atomic mass is 9.90. The lowest BCUT2D eigenvalue weighted by Crippen LogP contribution is -2.54. The van der Waals surface area contributed by atoms with Crippen molar-refractivity contribution in [2.24, 2.45) is 5.92 Å². The molecule has 0 bridgehead atoms. The van der Waals surface area contributed by atoms with E-state index in [0.29, 0.717) is 12.5 Å². The highest BCUT2D eigenvalue weighted by atomic mass is 16.6. The molecule has 0 saturated heterocycles. The molecule has 0 aromatic carbocycles. The lowest BCUT2D eigenvalue weighted by Gasteiger charge is -2.34. The van der Waals surface area contributed by atoms with E-state index in [0.717, 1.165) is 19.5 Å². The Morgan fingerprint density at radius 3 is 1.91 bits per heavy atom. The molecule has 0 rings (SSSR count). The monoisotopic (exact) mass is 329 g/mol. The van der Waals surface area contributed by atoms with E-state index >= 15 is 0 Å². The molecule has 0 aromatic heterocycles. The number of hydrogen-bond acceptors (Lipinski definition) is 4. The summed E-state index contributed by atoms with van der Waals surface area (Å²) in [6, 6.07) is 0. The Hall–Kier alpha value is -0.810. The highest BCUT2D eigenvalue weighted by Gasteiger charge is 2.26. The molecule has 0 aliphatic heterocycles. The van der Waals surface area contributed by atoms with Crippen molar-refractivity contribution >= 4 is 6.09 Å². The van der Waals surface area contributed by atoms with Crippen molar-refractivity contribution in [2.75, 3.05) is 19.6 Å². The minimum Gasteiger partial charge on any atom is -0.444 e. The number of hydrogen-bond donors (Lipinski definition) is 3. The van der Waals surface area contributed by atoms with Gasteiger partial charge in [-0.05, 0) is 60.8 Å². The molecular weight excluding hydrogens is 290 g/mol. The van der Waals surface area contributed by atoms with Gasteiger partial charge < -0.3 is 20.7 Å². The molecule has 23 heavy (non-hydrogen) atoms. The first-order valence-corrected chi connectivity index (χ1v) is 8.69. The van der Waals surface area contributed by atoms with Crippen molar-refractivity contribution in [2.45, 2.75) is 85.4 Å². The maximum atomic E-state index is 11.9. The second-order valence-corrected chi connectivity index (χ2v) is 9.12. The van der Waals surface area contributed by atoms with Crippen LogP contribution in [0.3, 0.4) is 0 Å². The van der Waals surface area contributed by atoms with E-state index in [1.807, 2.05) is 20.8 Å². The predicted octanol–water partition coefficient (Wildman–Crippen LogP) is 3.29. The Morgan fingerprint density at radius 2 is 1.48 bits per heavy atom. The minimum absolute atomic E-state index is 0.116. The van der Waals surface area contributed by atoms with Gasteiger partial charge >= 0.3 is 6.09 Å².